The van der Waals surface area contributed by atoms with Crippen LogP contribution in [0.15, 0.2) is 48.5 Å². The lowest BCUT2D eigenvalue weighted by Gasteiger charge is -2.21. The van der Waals surface area contributed by atoms with Crippen LogP contribution in [0.3, 0.4) is 0 Å². The first-order valence-electron chi connectivity index (χ1n) is 8.79. The van der Waals surface area contributed by atoms with Crippen LogP contribution in [-0.4, -0.2) is 16.6 Å². The van der Waals surface area contributed by atoms with Gasteiger partial charge in [-0.25, -0.2) is 0 Å². The zero-order valence-electron chi connectivity index (χ0n) is 14.5. The number of anilines is 1. The fourth-order valence-corrected chi connectivity index (χ4v) is 3.35. The van der Waals surface area contributed by atoms with Gasteiger partial charge in [0.15, 0.2) is 11.5 Å². The molecule has 1 aliphatic heterocycles. The quantitative estimate of drug-likeness (QED) is 0.495. The van der Waals surface area contributed by atoms with Gasteiger partial charge in [0.25, 0.3) is 11.5 Å². The molecule has 0 bridgehead atoms. The number of hydrogen-bond acceptors (Lipinski definition) is 5. The number of hydrogen-bond donors (Lipinski definition) is 1. The molecule has 1 aliphatic carbocycles. The van der Waals surface area contributed by atoms with E-state index < -0.39 is 10.7 Å². The lowest BCUT2D eigenvalue weighted by atomic mass is 10.2. The highest BCUT2D eigenvalue weighted by Gasteiger charge is 2.44. The molecule has 0 saturated heterocycles. The molecule has 4 rings (SSSR count). The number of nitrogens with one attached hydrogen (secondary N) is 1. The monoisotopic (exact) mass is 366 g/mol. The summed E-state index contributed by atoms with van der Waals surface area (Å²) in [4.78, 5) is 22.3. The Morgan fingerprint density at radius 1 is 1.07 bits per heavy atom. The van der Waals surface area contributed by atoms with Gasteiger partial charge in [0.2, 0.25) is 5.91 Å². The van der Waals surface area contributed by atoms with E-state index in [2.05, 4.69) is 5.32 Å². The molecule has 7 heteroatoms. The van der Waals surface area contributed by atoms with E-state index in [9.17, 15) is 14.9 Å². The Balaban J connectivity index is 1.40. The van der Waals surface area contributed by atoms with Gasteiger partial charge in [-0.15, -0.1) is 0 Å². The van der Waals surface area contributed by atoms with Crippen LogP contribution in [0, 0.1) is 10.1 Å². The second-order valence-corrected chi connectivity index (χ2v) is 6.65. The first kappa shape index (κ1) is 17.1. The van der Waals surface area contributed by atoms with Crippen LogP contribution in [0.2, 0.25) is 0 Å². The molecule has 0 radical (unpaired) electrons. The van der Waals surface area contributed by atoms with Crippen molar-refractivity contribution in [3.8, 4) is 11.5 Å². The predicted octanol–water partition coefficient (Wildman–Crippen LogP) is 4.29. The molecule has 138 valence electrons. The van der Waals surface area contributed by atoms with Gasteiger partial charge in [-0.1, -0.05) is 0 Å². The molecule has 0 unspecified atom stereocenters. The van der Waals surface area contributed by atoms with E-state index in [-0.39, 0.29) is 11.6 Å². The summed E-state index contributed by atoms with van der Waals surface area (Å²) in [7, 11) is 0. The summed E-state index contributed by atoms with van der Waals surface area (Å²) >= 11 is 0. The normalized spacial score (nSPS) is 16.7. The second-order valence-electron chi connectivity index (χ2n) is 6.65. The number of benzene rings is 2. The lowest BCUT2D eigenvalue weighted by molar-refractivity contribution is -0.384. The molecule has 1 saturated carbocycles. The number of carbonyl (C=O) groups excluding carboxylic acids is 1. The minimum absolute atomic E-state index is 0.0111. The Morgan fingerprint density at radius 2 is 1.78 bits per heavy atom. The van der Waals surface area contributed by atoms with Crippen LogP contribution in [0.25, 0.3) is 6.08 Å². The van der Waals surface area contributed by atoms with Crippen molar-refractivity contribution in [2.75, 3.05) is 5.32 Å². The first-order chi connectivity index (χ1) is 13.0. The average molecular weight is 366 g/mol. The standard InChI is InChI=1S/C20H18N2O5/c23-19(10-5-14-3-7-16(8-4-14)22(24)25)21-15-6-9-17-18(13-15)27-20(26-17)11-1-2-12-20/h3-10,13H,1-2,11-12H2,(H,21,23)/b10-5+. The maximum atomic E-state index is 12.1. The van der Waals surface area contributed by atoms with Crippen LogP contribution in [-0.2, 0) is 4.79 Å². The van der Waals surface area contributed by atoms with E-state index in [0.29, 0.717) is 22.7 Å². The zero-order valence-corrected chi connectivity index (χ0v) is 14.5. The molecule has 2 aromatic rings. The van der Waals surface area contributed by atoms with Crippen LogP contribution >= 0.6 is 0 Å². The number of nitrogens with zero attached hydrogens (tertiary/aromatic N) is 1. The number of fused-ring (bicyclic) bond motifs is 1. The van der Waals surface area contributed by atoms with E-state index in [4.69, 9.17) is 9.47 Å². The zero-order chi connectivity index (χ0) is 18.9. The minimum Gasteiger partial charge on any atom is -0.448 e. The average Bonchev–Trinajstić information content (AvgIpc) is 3.26. The van der Waals surface area contributed by atoms with Crippen molar-refractivity contribution in [1.82, 2.24) is 0 Å². The highest BCUT2D eigenvalue weighted by atomic mass is 16.7. The highest BCUT2D eigenvalue weighted by Crippen LogP contribution is 2.47. The van der Waals surface area contributed by atoms with Crippen LogP contribution in [0.4, 0.5) is 11.4 Å². The molecule has 27 heavy (non-hydrogen) atoms. The fraction of sp³-hybridized carbons (Fsp3) is 0.250. The second kappa shape index (κ2) is 6.75. The molecule has 1 spiro atoms. The lowest BCUT2D eigenvalue weighted by Crippen LogP contribution is -2.34. The molecule has 0 atom stereocenters. The van der Waals surface area contributed by atoms with Crippen molar-refractivity contribution in [1.29, 1.82) is 0 Å². The summed E-state index contributed by atoms with van der Waals surface area (Å²) in [6.45, 7) is 0. The third kappa shape index (κ3) is 3.62. The largest absolute Gasteiger partial charge is 0.448 e. The summed E-state index contributed by atoms with van der Waals surface area (Å²) in [5.41, 5.74) is 1.33. The third-order valence-electron chi connectivity index (χ3n) is 4.70. The van der Waals surface area contributed by atoms with Crippen molar-refractivity contribution in [3.05, 3.63) is 64.2 Å². The molecule has 0 aromatic heterocycles. The molecule has 1 N–H and O–H groups in total. The van der Waals surface area contributed by atoms with Gasteiger partial charge in [-0.3, -0.25) is 14.9 Å². The summed E-state index contributed by atoms with van der Waals surface area (Å²) in [6.07, 6.45) is 6.91. The summed E-state index contributed by atoms with van der Waals surface area (Å²) in [5.74, 6) is 0.522. The molecule has 2 aromatic carbocycles. The van der Waals surface area contributed by atoms with Crippen LogP contribution < -0.4 is 14.8 Å². The SMILES string of the molecule is O=C(/C=C/c1ccc([N+](=O)[O-])cc1)Nc1ccc2c(c1)OC1(CCCC1)O2. The fourth-order valence-electron chi connectivity index (χ4n) is 3.35. The molecular formula is C20H18N2O5. The highest BCUT2D eigenvalue weighted by molar-refractivity contribution is 6.02. The number of rotatable bonds is 4. The number of amides is 1. The van der Waals surface area contributed by atoms with Crippen molar-refractivity contribution in [3.63, 3.8) is 0 Å². The Morgan fingerprint density at radius 3 is 2.48 bits per heavy atom. The van der Waals surface area contributed by atoms with Gasteiger partial charge < -0.3 is 14.8 Å². The van der Waals surface area contributed by atoms with Crippen LogP contribution in [0.1, 0.15) is 31.2 Å². The van der Waals surface area contributed by atoms with Gasteiger partial charge in [0.05, 0.1) is 4.92 Å². The Kier molecular flexibility index (Phi) is 4.27. The number of ether oxygens (including phenoxy) is 2. The van der Waals surface area contributed by atoms with Crippen molar-refractivity contribution in [2.45, 2.75) is 31.5 Å². The van der Waals surface area contributed by atoms with Gasteiger partial charge in [-0.2, -0.15) is 0 Å². The summed E-state index contributed by atoms with van der Waals surface area (Å²) < 4.78 is 11.9. The maximum Gasteiger partial charge on any atom is 0.269 e. The Labute approximate surface area is 155 Å². The Hall–Kier alpha value is -3.35. The van der Waals surface area contributed by atoms with E-state index in [1.54, 1.807) is 36.4 Å². The van der Waals surface area contributed by atoms with Gasteiger partial charge >= 0.3 is 0 Å². The Bertz CT molecular complexity index is 914. The summed E-state index contributed by atoms with van der Waals surface area (Å²) in [5, 5.41) is 13.4. The number of carbonyl (C=O) groups is 1. The van der Waals surface area contributed by atoms with Gasteiger partial charge in [-0.05, 0) is 48.7 Å². The van der Waals surface area contributed by atoms with E-state index in [1.165, 1.54) is 18.2 Å². The third-order valence-corrected chi connectivity index (χ3v) is 4.70. The van der Waals surface area contributed by atoms with E-state index in [0.717, 1.165) is 25.7 Å². The summed E-state index contributed by atoms with van der Waals surface area (Å²) in [6, 6.07) is 11.3. The number of non-ortho nitro benzene ring substituents is 1. The smallest absolute Gasteiger partial charge is 0.269 e. The minimum atomic E-state index is -0.527. The van der Waals surface area contributed by atoms with E-state index in [1.807, 2.05) is 0 Å². The predicted molar refractivity (Wildman–Crippen MR) is 99.7 cm³/mol. The molecule has 1 fully saturated rings. The molecule has 1 heterocycles. The van der Waals surface area contributed by atoms with Gasteiger partial charge in [0, 0.05) is 42.8 Å². The van der Waals surface area contributed by atoms with Crippen molar-refractivity contribution < 1.29 is 19.2 Å². The van der Waals surface area contributed by atoms with Crippen molar-refractivity contribution >= 4 is 23.4 Å². The molecule has 2 aliphatic rings. The molecule has 1 amide bonds. The number of nitro benzene ring substituents is 1. The van der Waals surface area contributed by atoms with Crippen LogP contribution in [0.5, 0.6) is 11.5 Å². The van der Waals surface area contributed by atoms with Crippen molar-refractivity contribution in [2.24, 2.45) is 0 Å². The topological polar surface area (TPSA) is 90.7 Å². The number of nitro groups is 1. The molecule has 7 nitrogen and oxygen atoms in total. The first-order valence-corrected chi connectivity index (χ1v) is 8.79. The maximum absolute atomic E-state index is 12.1. The van der Waals surface area contributed by atoms with E-state index >= 15 is 0 Å². The molecular weight excluding hydrogens is 348 g/mol. The van der Waals surface area contributed by atoms with Gasteiger partial charge in [0.1, 0.15) is 0 Å².